The van der Waals surface area contributed by atoms with Crippen molar-refractivity contribution in [3.05, 3.63) is 71.9 Å². The topological polar surface area (TPSA) is 63.7 Å². The molecule has 2 fully saturated rings. The first kappa shape index (κ1) is 29.3. The van der Waals surface area contributed by atoms with Gasteiger partial charge in [-0.05, 0) is 101 Å². The Labute approximate surface area is 245 Å². The molecule has 0 unspecified atom stereocenters. The van der Waals surface area contributed by atoms with Crippen molar-refractivity contribution in [1.29, 1.82) is 0 Å². The number of rotatable bonds is 8. The van der Waals surface area contributed by atoms with E-state index in [9.17, 15) is 13.6 Å². The van der Waals surface area contributed by atoms with Crippen LogP contribution in [0.2, 0.25) is 0 Å². The van der Waals surface area contributed by atoms with Gasteiger partial charge < -0.3 is 24.7 Å². The zero-order valence-electron chi connectivity index (χ0n) is 23.5. The number of carbonyl (C=O) groups excluding carboxylic acids is 1. The third-order valence-electron chi connectivity index (χ3n) is 7.65. The third kappa shape index (κ3) is 7.96. The lowest BCUT2D eigenvalue weighted by Crippen LogP contribution is -2.40. The van der Waals surface area contributed by atoms with Gasteiger partial charge in [-0.3, -0.25) is 4.79 Å². The highest BCUT2D eigenvalue weighted by Crippen LogP contribution is 2.34. The molecule has 0 bridgehead atoms. The van der Waals surface area contributed by atoms with E-state index in [2.05, 4.69) is 31.9 Å². The molecule has 10 heteroatoms. The average Bonchev–Trinajstić information content (AvgIpc) is 3.69. The van der Waals surface area contributed by atoms with Crippen LogP contribution in [0.4, 0.5) is 26.0 Å². The number of benzene rings is 2. The Morgan fingerprint density at radius 3 is 2.39 bits per heavy atom. The lowest BCUT2D eigenvalue weighted by atomic mass is 10.1. The van der Waals surface area contributed by atoms with E-state index in [-0.39, 0.29) is 24.6 Å². The molecule has 3 aliphatic heterocycles. The van der Waals surface area contributed by atoms with Gasteiger partial charge in [0.1, 0.15) is 11.6 Å². The predicted molar refractivity (Wildman–Crippen MR) is 164 cm³/mol. The molecular weight excluding hydrogens is 542 g/mol. The second-order valence-electron chi connectivity index (χ2n) is 10.7. The number of nitrogens with one attached hydrogen (secondary N) is 2. The normalized spacial score (nSPS) is 17.1. The number of amides is 1. The molecule has 1 aromatic heterocycles. The Kier molecular flexibility index (Phi) is 10.1. The van der Waals surface area contributed by atoms with Crippen LogP contribution in [0.3, 0.4) is 0 Å². The van der Waals surface area contributed by atoms with E-state index >= 15 is 0 Å². The van der Waals surface area contributed by atoms with Crippen LogP contribution in [0.1, 0.15) is 31.2 Å². The minimum absolute atomic E-state index is 0.0477. The van der Waals surface area contributed by atoms with Crippen LogP contribution < -0.4 is 14.9 Å². The number of fused-ring (bicyclic) bond motifs is 1. The number of likely N-dealkylation sites (tertiary alicyclic amines) is 2. The Bertz CT molecular complexity index is 1310. The van der Waals surface area contributed by atoms with Crippen molar-refractivity contribution >= 4 is 35.0 Å². The number of anilines is 3. The zero-order valence-corrected chi connectivity index (χ0v) is 24.4. The molecule has 218 valence electrons. The van der Waals surface area contributed by atoms with Gasteiger partial charge in [-0.15, -0.1) is 0 Å². The van der Waals surface area contributed by atoms with Crippen LogP contribution in [-0.2, 0) is 11.3 Å². The van der Waals surface area contributed by atoms with Crippen LogP contribution in [0.25, 0.3) is 11.1 Å². The second kappa shape index (κ2) is 14.1. The molecule has 0 aliphatic carbocycles. The Hall–Kier alpha value is -3.21. The number of aromatic nitrogens is 1. The van der Waals surface area contributed by atoms with Crippen molar-refractivity contribution in [2.24, 2.45) is 0 Å². The summed E-state index contributed by atoms with van der Waals surface area (Å²) in [6, 6.07) is 13.2. The monoisotopic (exact) mass is 580 g/mol. The zero-order chi connectivity index (χ0) is 28.6. The van der Waals surface area contributed by atoms with Gasteiger partial charge in [-0.25, -0.2) is 13.8 Å². The van der Waals surface area contributed by atoms with Crippen molar-refractivity contribution in [2.75, 3.05) is 67.0 Å². The quantitative estimate of drug-likeness (QED) is 0.256. The van der Waals surface area contributed by atoms with E-state index < -0.39 is 11.6 Å². The van der Waals surface area contributed by atoms with Crippen molar-refractivity contribution in [3.8, 4) is 11.1 Å². The highest BCUT2D eigenvalue weighted by Gasteiger charge is 2.26. The maximum absolute atomic E-state index is 14.3. The van der Waals surface area contributed by atoms with Crippen LogP contribution in [-0.4, -0.2) is 72.8 Å². The summed E-state index contributed by atoms with van der Waals surface area (Å²) in [5.74, 6) is 0.242. The molecule has 1 amide bonds. The standard InChI is InChI=1S/C26H27F2N5OS.C5H11N/c27-21-5-8-23(28)20(13-21)17-33-24-14-19(15-29-26(24)30-16-25(33)34)18-3-6-22(7-4-18)31-35-12-11-32-9-1-2-10-32;1-6-4-2-3-5-6/h3-8,13-15,31H,1-2,9-12,16-17H2,(H,29,30);2-5H2,1H3. The number of hydrogen-bond acceptors (Lipinski definition) is 7. The van der Waals surface area contributed by atoms with Crippen molar-refractivity contribution < 1.29 is 13.6 Å². The molecule has 2 saturated heterocycles. The summed E-state index contributed by atoms with van der Waals surface area (Å²) in [5.41, 5.74) is 3.46. The molecule has 2 aromatic carbocycles. The van der Waals surface area contributed by atoms with Gasteiger partial charge in [0.2, 0.25) is 5.91 Å². The smallest absolute Gasteiger partial charge is 0.246 e. The first-order valence-electron chi connectivity index (χ1n) is 14.3. The molecular formula is C31H38F2N6OS. The molecule has 3 aliphatic rings. The van der Waals surface area contributed by atoms with Gasteiger partial charge in [0.05, 0.1) is 18.8 Å². The highest BCUT2D eigenvalue weighted by molar-refractivity contribution is 8.00. The Morgan fingerprint density at radius 1 is 0.951 bits per heavy atom. The highest BCUT2D eigenvalue weighted by atomic mass is 32.2. The number of carbonyl (C=O) groups is 1. The predicted octanol–water partition coefficient (Wildman–Crippen LogP) is 5.85. The lowest BCUT2D eigenvalue weighted by Gasteiger charge is -2.30. The van der Waals surface area contributed by atoms with E-state index in [1.165, 1.54) is 56.8 Å². The minimum Gasteiger partial charge on any atom is -0.359 e. The van der Waals surface area contributed by atoms with Gasteiger partial charge in [0.25, 0.3) is 0 Å². The molecule has 0 saturated carbocycles. The molecule has 0 spiro atoms. The van der Waals surface area contributed by atoms with Crippen molar-refractivity contribution in [3.63, 3.8) is 0 Å². The molecule has 7 nitrogen and oxygen atoms in total. The van der Waals surface area contributed by atoms with Gasteiger partial charge in [0, 0.05) is 35.3 Å². The number of hydrogen-bond donors (Lipinski definition) is 2. The van der Waals surface area contributed by atoms with Crippen LogP contribution >= 0.6 is 11.9 Å². The summed E-state index contributed by atoms with van der Waals surface area (Å²) in [4.78, 5) is 23.5. The van der Waals surface area contributed by atoms with Gasteiger partial charge >= 0.3 is 0 Å². The average molecular weight is 581 g/mol. The van der Waals surface area contributed by atoms with Crippen molar-refractivity contribution in [1.82, 2.24) is 14.8 Å². The van der Waals surface area contributed by atoms with Gasteiger partial charge in [-0.2, -0.15) is 0 Å². The van der Waals surface area contributed by atoms with E-state index in [4.69, 9.17) is 0 Å². The summed E-state index contributed by atoms with van der Waals surface area (Å²) < 4.78 is 31.3. The minimum atomic E-state index is -0.551. The van der Waals surface area contributed by atoms with E-state index in [1.54, 1.807) is 18.1 Å². The number of halogens is 2. The first-order chi connectivity index (χ1) is 20.0. The second-order valence-corrected chi connectivity index (χ2v) is 11.6. The maximum atomic E-state index is 14.3. The molecule has 2 N–H and O–H groups in total. The number of nitrogens with zero attached hydrogens (tertiary/aromatic N) is 4. The molecule has 41 heavy (non-hydrogen) atoms. The first-order valence-corrected chi connectivity index (χ1v) is 15.3. The third-order valence-corrected chi connectivity index (χ3v) is 8.42. The summed E-state index contributed by atoms with van der Waals surface area (Å²) in [6.45, 7) is 6.13. The van der Waals surface area contributed by atoms with E-state index in [1.807, 2.05) is 30.3 Å². The Morgan fingerprint density at radius 2 is 1.68 bits per heavy atom. The largest absolute Gasteiger partial charge is 0.359 e. The fourth-order valence-electron chi connectivity index (χ4n) is 5.27. The maximum Gasteiger partial charge on any atom is 0.246 e. The van der Waals surface area contributed by atoms with Gasteiger partial charge in [0.15, 0.2) is 5.82 Å². The summed E-state index contributed by atoms with van der Waals surface area (Å²) in [6.07, 6.45) is 7.18. The van der Waals surface area contributed by atoms with Crippen LogP contribution in [0.15, 0.2) is 54.7 Å². The SMILES string of the molecule is CN1CCCC1.O=C1CNc2ncc(-c3ccc(NSCCN4CCCC4)cc3)cc2N1Cc1cc(F)ccc1F. The van der Waals surface area contributed by atoms with Crippen LogP contribution in [0, 0.1) is 11.6 Å². The molecule has 4 heterocycles. The summed E-state index contributed by atoms with van der Waals surface area (Å²) in [7, 11) is 2.17. The summed E-state index contributed by atoms with van der Waals surface area (Å²) in [5, 5.41) is 3.00. The molecule has 6 rings (SSSR count). The van der Waals surface area contributed by atoms with Crippen molar-refractivity contribution in [2.45, 2.75) is 32.2 Å². The molecule has 3 aromatic rings. The summed E-state index contributed by atoms with van der Waals surface area (Å²) >= 11 is 1.70. The number of pyridine rings is 1. The van der Waals surface area contributed by atoms with Crippen LogP contribution in [0.5, 0.6) is 0 Å². The fraction of sp³-hybridized carbons (Fsp3) is 0.419. The fourth-order valence-corrected chi connectivity index (χ4v) is 6.03. The lowest BCUT2D eigenvalue weighted by molar-refractivity contribution is -0.117. The van der Waals surface area contributed by atoms with E-state index in [0.717, 1.165) is 47.3 Å². The molecule has 0 atom stereocenters. The van der Waals surface area contributed by atoms with E-state index in [0.29, 0.717) is 11.5 Å². The van der Waals surface area contributed by atoms with Gasteiger partial charge in [-0.1, -0.05) is 24.1 Å². The Balaban J connectivity index is 0.000000500. The molecule has 0 radical (unpaired) electrons.